The second-order valence-corrected chi connectivity index (χ2v) is 14.2. The van der Waals surface area contributed by atoms with Crippen LogP contribution in [0.4, 0.5) is 0 Å². The summed E-state index contributed by atoms with van der Waals surface area (Å²) in [6, 6.07) is 18.3. The van der Waals surface area contributed by atoms with E-state index < -0.39 is 147 Å². The molecular weight excluding hydrogens is 816 g/mol. The van der Waals surface area contributed by atoms with Gasteiger partial charge in [-0.1, -0.05) is 42.5 Å². The maximum absolute atomic E-state index is 12.4. The molecule has 312 valence electrons. The third kappa shape index (κ3) is 4.84. The SMILES string of the molecule is Oc1c(O)c(O)c(-c2c(O)c(O)c3c(-c4c(O)c(O)c(O)c(O)c4O)c4c(O)c(O)c(O)c(O)c4c(-c4cccc(-c5ccc6oc7ccccc7c6c5)c4)c3c2O)c(O)c1O. The van der Waals surface area contributed by atoms with Gasteiger partial charge in [-0.2, -0.15) is 0 Å². The van der Waals surface area contributed by atoms with Crippen LogP contribution in [-0.4, -0.2) is 86.8 Å². The first-order valence-electron chi connectivity index (χ1n) is 17.8. The molecule has 0 bridgehead atoms. The lowest BCUT2D eigenvalue weighted by molar-refractivity contribution is 0.329. The molecule has 18 heteroatoms. The van der Waals surface area contributed by atoms with Crippen LogP contribution in [0.5, 0.6) is 97.7 Å². The van der Waals surface area contributed by atoms with E-state index in [0.717, 1.165) is 5.39 Å². The molecule has 17 N–H and O–H groups in total. The summed E-state index contributed by atoms with van der Waals surface area (Å²) in [4.78, 5) is 0. The number of aromatic hydroxyl groups is 17. The van der Waals surface area contributed by atoms with E-state index in [1.807, 2.05) is 12.1 Å². The van der Waals surface area contributed by atoms with E-state index in [9.17, 15) is 86.8 Å². The van der Waals surface area contributed by atoms with Crippen molar-refractivity contribution in [1.82, 2.24) is 0 Å². The fourth-order valence-electron chi connectivity index (χ4n) is 8.01. The summed E-state index contributed by atoms with van der Waals surface area (Å²) in [5.41, 5.74) is -3.23. The maximum Gasteiger partial charge on any atom is 0.208 e. The van der Waals surface area contributed by atoms with Crippen LogP contribution in [0.3, 0.4) is 0 Å². The van der Waals surface area contributed by atoms with Gasteiger partial charge in [0.05, 0.1) is 16.7 Å². The van der Waals surface area contributed by atoms with E-state index in [1.165, 1.54) is 18.2 Å². The van der Waals surface area contributed by atoms with E-state index in [-0.39, 0.29) is 5.56 Å². The highest BCUT2D eigenvalue weighted by Gasteiger charge is 2.38. The number of rotatable bonds is 4. The molecule has 0 unspecified atom stereocenters. The predicted octanol–water partition coefficient (Wildman–Crippen LogP) is 7.56. The largest absolute Gasteiger partial charge is 0.506 e. The van der Waals surface area contributed by atoms with Crippen molar-refractivity contribution >= 4 is 43.5 Å². The Kier molecular flexibility index (Phi) is 7.91. The molecule has 0 atom stereocenters. The van der Waals surface area contributed by atoms with Gasteiger partial charge in [-0.3, -0.25) is 0 Å². The molecule has 9 rings (SSSR count). The molecule has 0 saturated carbocycles. The second-order valence-electron chi connectivity index (χ2n) is 14.2. The number of para-hydroxylation sites is 1. The van der Waals surface area contributed by atoms with Crippen LogP contribution < -0.4 is 0 Å². The summed E-state index contributed by atoms with van der Waals surface area (Å²) < 4.78 is 5.95. The van der Waals surface area contributed by atoms with Crippen LogP contribution in [0, 0.1) is 0 Å². The van der Waals surface area contributed by atoms with Crippen molar-refractivity contribution in [2.24, 2.45) is 0 Å². The van der Waals surface area contributed by atoms with Gasteiger partial charge in [0.25, 0.3) is 0 Å². The molecule has 0 amide bonds. The number of fused-ring (bicyclic) bond motifs is 5. The van der Waals surface area contributed by atoms with Gasteiger partial charge in [0, 0.05) is 43.4 Å². The minimum absolute atomic E-state index is 0.0954. The van der Waals surface area contributed by atoms with Crippen LogP contribution in [0.25, 0.3) is 88.0 Å². The summed E-state index contributed by atoms with van der Waals surface area (Å²) >= 11 is 0. The highest BCUT2D eigenvalue weighted by molar-refractivity contribution is 6.30. The number of hydrogen-bond acceptors (Lipinski definition) is 18. The molecular formula is C44H28O18. The third-order valence-electron chi connectivity index (χ3n) is 10.9. The van der Waals surface area contributed by atoms with Crippen molar-refractivity contribution in [3.8, 4) is 142 Å². The molecule has 0 radical (unpaired) electrons. The summed E-state index contributed by atoms with van der Waals surface area (Å²) in [7, 11) is 0. The summed E-state index contributed by atoms with van der Waals surface area (Å²) in [6.07, 6.45) is 0. The van der Waals surface area contributed by atoms with Crippen LogP contribution >= 0.6 is 0 Å². The first-order valence-corrected chi connectivity index (χ1v) is 17.8. The number of furan rings is 1. The Labute approximate surface area is 343 Å². The number of phenolic OH excluding ortho intramolecular Hbond substituents is 17. The Morgan fingerprint density at radius 1 is 0.242 bits per heavy atom. The number of phenols is 17. The smallest absolute Gasteiger partial charge is 0.208 e. The highest BCUT2D eigenvalue weighted by atomic mass is 16.4. The van der Waals surface area contributed by atoms with Crippen molar-refractivity contribution in [1.29, 1.82) is 0 Å². The van der Waals surface area contributed by atoms with Gasteiger partial charge in [-0.05, 0) is 41.0 Å². The van der Waals surface area contributed by atoms with E-state index in [1.54, 1.807) is 36.4 Å². The standard InChI is InChI=1S/C44H28O18/c45-28-21-19(14-5-3-4-12(10-14)13-8-9-18-16(11-13)15-6-1-2-7-17(15)62-18)22-24(31(48)38(55)37(54)30(22)47)20(25-33(50)39(56)43(60)40(57)34(25)51)23(21)29(46)32(49)26(28)27-35(52)41(58)44(61)42(59)36(27)53/h1-11,45-61H. The van der Waals surface area contributed by atoms with E-state index in [4.69, 9.17) is 4.42 Å². The molecule has 9 aromatic rings. The zero-order valence-corrected chi connectivity index (χ0v) is 30.9. The minimum atomic E-state index is -1.54. The normalized spacial score (nSPS) is 11.7. The molecule has 0 spiro atoms. The Hall–Kier alpha value is -9.32. The van der Waals surface area contributed by atoms with Gasteiger partial charge < -0.3 is 91.2 Å². The minimum Gasteiger partial charge on any atom is -0.506 e. The van der Waals surface area contributed by atoms with Gasteiger partial charge >= 0.3 is 0 Å². The van der Waals surface area contributed by atoms with Crippen LogP contribution in [0.15, 0.2) is 71.1 Å². The van der Waals surface area contributed by atoms with E-state index >= 15 is 0 Å². The van der Waals surface area contributed by atoms with Gasteiger partial charge in [0.2, 0.25) is 46.0 Å². The Balaban J connectivity index is 1.53. The van der Waals surface area contributed by atoms with Gasteiger partial charge in [0.15, 0.2) is 46.0 Å². The second kappa shape index (κ2) is 12.8. The zero-order chi connectivity index (χ0) is 44.5. The van der Waals surface area contributed by atoms with Crippen molar-refractivity contribution < 1.29 is 91.2 Å². The lowest BCUT2D eigenvalue weighted by atomic mass is 9.81. The first-order chi connectivity index (χ1) is 29.4. The maximum atomic E-state index is 12.4. The van der Waals surface area contributed by atoms with Crippen molar-refractivity contribution in [3.05, 3.63) is 66.7 Å². The van der Waals surface area contributed by atoms with Crippen LogP contribution in [-0.2, 0) is 0 Å². The molecule has 8 aromatic carbocycles. The fraction of sp³-hybridized carbons (Fsp3) is 0. The summed E-state index contributed by atoms with van der Waals surface area (Å²) in [6.45, 7) is 0. The molecule has 0 saturated heterocycles. The molecule has 0 aliphatic heterocycles. The van der Waals surface area contributed by atoms with Crippen LogP contribution in [0.1, 0.15) is 0 Å². The summed E-state index contributed by atoms with van der Waals surface area (Å²) in [5.74, 6) is -24.8. The van der Waals surface area contributed by atoms with Crippen LogP contribution in [0.2, 0.25) is 0 Å². The average molecular weight is 845 g/mol. The topological polar surface area (TPSA) is 357 Å². The lowest BCUT2D eigenvalue weighted by Crippen LogP contribution is -1.97. The molecule has 18 nitrogen and oxygen atoms in total. The first kappa shape index (κ1) is 38.2. The number of benzene rings is 8. The molecule has 62 heavy (non-hydrogen) atoms. The van der Waals surface area contributed by atoms with Crippen molar-refractivity contribution in [3.63, 3.8) is 0 Å². The monoisotopic (exact) mass is 844 g/mol. The summed E-state index contributed by atoms with van der Waals surface area (Å²) in [5, 5.41) is 186. The zero-order valence-electron chi connectivity index (χ0n) is 30.9. The lowest BCUT2D eigenvalue weighted by Gasteiger charge is -2.25. The molecule has 1 heterocycles. The van der Waals surface area contributed by atoms with E-state index in [2.05, 4.69) is 0 Å². The van der Waals surface area contributed by atoms with Gasteiger partial charge in [-0.15, -0.1) is 0 Å². The highest BCUT2D eigenvalue weighted by Crippen LogP contribution is 2.67. The quantitative estimate of drug-likeness (QED) is 0.0461. The van der Waals surface area contributed by atoms with E-state index in [0.29, 0.717) is 27.7 Å². The Morgan fingerprint density at radius 3 is 1.18 bits per heavy atom. The molecule has 0 aliphatic carbocycles. The predicted molar refractivity (Wildman–Crippen MR) is 219 cm³/mol. The van der Waals surface area contributed by atoms with Gasteiger partial charge in [0.1, 0.15) is 16.9 Å². The average Bonchev–Trinajstić information content (AvgIpc) is 3.65. The fourth-order valence-corrected chi connectivity index (χ4v) is 8.01. The van der Waals surface area contributed by atoms with Gasteiger partial charge in [-0.25, -0.2) is 0 Å². The Bertz CT molecular complexity index is 3440. The third-order valence-corrected chi connectivity index (χ3v) is 10.9. The van der Waals surface area contributed by atoms with Crippen molar-refractivity contribution in [2.75, 3.05) is 0 Å². The Morgan fingerprint density at radius 2 is 0.613 bits per heavy atom. The molecule has 0 aliphatic rings. The number of hydrogen-bond donors (Lipinski definition) is 17. The molecule has 0 fully saturated rings. The molecule has 1 aromatic heterocycles. The van der Waals surface area contributed by atoms with Crippen molar-refractivity contribution in [2.45, 2.75) is 0 Å².